The van der Waals surface area contributed by atoms with Crippen molar-refractivity contribution in [1.29, 1.82) is 0 Å². The first-order valence-corrected chi connectivity index (χ1v) is 6.12. The van der Waals surface area contributed by atoms with Crippen molar-refractivity contribution in [2.24, 2.45) is 0 Å². The Balaban J connectivity index is 2.39. The van der Waals surface area contributed by atoms with E-state index in [2.05, 4.69) is 5.32 Å². The van der Waals surface area contributed by atoms with Crippen LogP contribution in [0.2, 0.25) is 0 Å². The molecule has 5 heteroatoms. The molecule has 2 rings (SSSR count). The first-order chi connectivity index (χ1) is 8.52. The lowest BCUT2D eigenvalue weighted by Gasteiger charge is -2.29. The van der Waals surface area contributed by atoms with Crippen LogP contribution in [0.1, 0.15) is 19.4 Å². The molecule has 1 heterocycles. The summed E-state index contributed by atoms with van der Waals surface area (Å²) in [5, 5.41) is 11.9. The first-order valence-electron chi connectivity index (χ1n) is 6.12. The normalized spacial score (nSPS) is 13.7. The maximum atomic E-state index is 11.3. The predicted molar refractivity (Wildman–Crippen MR) is 72.8 cm³/mol. The van der Waals surface area contributed by atoms with Gasteiger partial charge in [-0.2, -0.15) is 0 Å². The van der Waals surface area contributed by atoms with Gasteiger partial charge in [0.15, 0.2) is 0 Å². The Morgan fingerprint density at radius 3 is 2.83 bits per heavy atom. The quantitative estimate of drug-likeness (QED) is 0.695. The van der Waals surface area contributed by atoms with Crippen molar-refractivity contribution in [2.75, 3.05) is 29.1 Å². The zero-order chi connectivity index (χ0) is 13.3. The molecule has 0 saturated carbocycles. The van der Waals surface area contributed by atoms with Gasteiger partial charge < -0.3 is 21.1 Å². The number of carbonyl (C=O) groups excluding carboxylic acids is 1. The van der Waals surface area contributed by atoms with Crippen LogP contribution < -0.4 is 16.0 Å². The van der Waals surface area contributed by atoms with Gasteiger partial charge in [0.05, 0.1) is 24.4 Å². The van der Waals surface area contributed by atoms with Crippen LogP contribution in [0.5, 0.6) is 0 Å². The van der Waals surface area contributed by atoms with Crippen molar-refractivity contribution in [2.45, 2.75) is 26.3 Å². The molecule has 1 aromatic rings. The van der Waals surface area contributed by atoms with E-state index in [4.69, 9.17) is 10.8 Å². The van der Waals surface area contributed by atoms with Gasteiger partial charge in [-0.25, -0.2) is 0 Å². The molecule has 0 unspecified atom stereocenters. The molecule has 0 spiro atoms. The molecule has 0 bridgehead atoms. The van der Waals surface area contributed by atoms with Gasteiger partial charge in [0.2, 0.25) is 5.91 Å². The maximum Gasteiger partial charge on any atom is 0.228 e. The number of aliphatic hydroxyl groups is 1. The van der Waals surface area contributed by atoms with Crippen LogP contribution in [0.25, 0.3) is 0 Å². The number of rotatable bonds is 4. The predicted octanol–water partition coefficient (Wildman–Crippen LogP) is 0.970. The smallest absolute Gasteiger partial charge is 0.228 e. The van der Waals surface area contributed by atoms with Crippen LogP contribution >= 0.6 is 0 Å². The number of nitrogens with one attached hydrogen (secondary N) is 1. The van der Waals surface area contributed by atoms with Gasteiger partial charge >= 0.3 is 0 Å². The van der Waals surface area contributed by atoms with Gasteiger partial charge in [0, 0.05) is 18.3 Å². The molecule has 1 amide bonds. The molecule has 4 N–H and O–H groups in total. The Labute approximate surface area is 107 Å². The van der Waals surface area contributed by atoms with Crippen molar-refractivity contribution in [3.63, 3.8) is 0 Å². The van der Waals surface area contributed by atoms with Crippen molar-refractivity contribution in [1.82, 2.24) is 0 Å². The molecule has 0 atom stereocenters. The highest BCUT2D eigenvalue weighted by atomic mass is 16.3. The number of nitrogen functional groups attached to an aromatic ring is 1. The van der Waals surface area contributed by atoms with Crippen molar-refractivity contribution in [3.05, 3.63) is 17.7 Å². The van der Waals surface area contributed by atoms with Crippen LogP contribution in [0.15, 0.2) is 12.1 Å². The maximum absolute atomic E-state index is 11.3. The van der Waals surface area contributed by atoms with E-state index < -0.39 is 0 Å². The highest BCUT2D eigenvalue weighted by Gasteiger charge is 2.22. The monoisotopic (exact) mass is 249 g/mol. The highest BCUT2D eigenvalue weighted by Crippen LogP contribution is 2.34. The third-order valence-electron chi connectivity index (χ3n) is 3.15. The lowest BCUT2D eigenvalue weighted by molar-refractivity contribution is -0.115. The van der Waals surface area contributed by atoms with E-state index in [0.717, 1.165) is 16.9 Å². The minimum atomic E-state index is -0.000180. The first kappa shape index (κ1) is 12.7. The minimum absolute atomic E-state index is 0.000180. The van der Waals surface area contributed by atoms with Gasteiger partial charge in [-0.15, -0.1) is 0 Å². The van der Waals surface area contributed by atoms with E-state index in [1.54, 1.807) is 0 Å². The average Bonchev–Trinajstić information content (AvgIpc) is 2.64. The van der Waals surface area contributed by atoms with E-state index in [-0.39, 0.29) is 18.6 Å². The summed E-state index contributed by atoms with van der Waals surface area (Å²) in [6, 6.07) is 3.97. The summed E-state index contributed by atoms with van der Waals surface area (Å²) in [5.74, 6) is -0.000180. The zero-order valence-corrected chi connectivity index (χ0v) is 10.7. The number of nitrogens with two attached hydrogens (primary N) is 1. The second kappa shape index (κ2) is 4.86. The molecular weight excluding hydrogens is 230 g/mol. The topological polar surface area (TPSA) is 78.6 Å². The summed E-state index contributed by atoms with van der Waals surface area (Å²) in [7, 11) is 0. The van der Waals surface area contributed by atoms with Crippen LogP contribution in [-0.2, 0) is 11.2 Å². The summed E-state index contributed by atoms with van der Waals surface area (Å²) >= 11 is 0. The van der Waals surface area contributed by atoms with Gasteiger partial charge in [-0.3, -0.25) is 4.79 Å². The minimum Gasteiger partial charge on any atom is -0.397 e. The van der Waals surface area contributed by atoms with E-state index in [9.17, 15) is 4.79 Å². The molecule has 0 radical (unpaired) electrons. The summed E-state index contributed by atoms with van der Waals surface area (Å²) in [5.41, 5.74) is 9.32. The summed E-state index contributed by atoms with van der Waals surface area (Å²) in [6.45, 7) is 4.68. The molecule has 5 nitrogen and oxygen atoms in total. The third kappa shape index (κ3) is 2.26. The zero-order valence-electron chi connectivity index (χ0n) is 10.7. The van der Waals surface area contributed by atoms with Gasteiger partial charge in [0.25, 0.3) is 0 Å². The lowest BCUT2D eigenvalue weighted by Crippen LogP contribution is -2.34. The fourth-order valence-electron chi connectivity index (χ4n) is 2.30. The van der Waals surface area contributed by atoms with Gasteiger partial charge in [-0.1, -0.05) is 0 Å². The number of hydrogen-bond acceptors (Lipinski definition) is 4. The SMILES string of the molecule is CC(C)N(CCO)c1cc2c(cc1N)CC(=O)N2. The Kier molecular flexibility index (Phi) is 3.43. The largest absolute Gasteiger partial charge is 0.397 e. The molecule has 1 aliphatic heterocycles. The number of anilines is 3. The van der Waals surface area contributed by atoms with Gasteiger partial charge in [0.1, 0.15) is 0 Å². The van der Waals surface area contributed by atoms with Crippen molar-refractivity contribution >= 4 is 23.0 Å². The third-order valence-corrected chi connectivity index (χ3v) is 3.15. The number of aliphatic hydroxyl groups excluding tert-OH is 1. The molecule has 0 aromatic heterocycles. The van der Waals surface area contributed by atoms with Crippen LogP contribution in [0, 0.1) is 0 Å². The average molecular weight is 249 g/mol. The second-order valence-electron chi connectivity index (χ2n) is 4.80. The molecule has 1 aliphatic rings. The summed E-state index contributed by atoms with van der Waals surface area (Å²) in [4.78, 5) is 13.4. The van der Waals surface area contributed by atoms with Crippen LogP contribution in [-0.4, -0.2) is 30.2 Å². The molecule has 0 saturated heterocycles. The highest BCUT2D eigenvalue weighted by molar-refractivity contribution is 6.00. The molecular formula is C13H19N3O2. The standard InChI is InChI=1S/C13H19N3O2/c1-8(2)16(3-4-17)12-7-11-9(5-10(12)14)6-13(18)15-11/h5,7-8,17H,3-4,6,14H2,1-2H3,(H,15,18). The number of fused-ring (bicyclic) bond motifs is 1. The Bertz CT molecular complexity index is 472. The fourth-order valence-corrected chi connectivity index (χ4v) is 2.30. The Morgan fingerprint density at radius 1 is 1.50 bits per heavy atom. The van der Waals surface area contributed by atoms with Gasteiger partial charge in [-0.05, 0) is 31.5 Å². The molecule has 0 aliphatic carbocycles. The van der Waals surface area contributed by atoms with E-state index >= 15 is 0 Å². The number of hydrogen-bond donors (Lipinski definition) is 3. The van der Waals surface area contributed by atoms with E-state index in [0.29, 0.717) is 18.7 Å². The summed E-state index contributed by atoms with van der Waals surface area (Å²) in [6.07, 6.45) is 0.390. The van der Waals surface area contributed by atoms with Crippen LogP contribution in [0.3, 0.4) is 0 Å². The fraction of sp³-hybridized carbons (Fsp3) is 0.462. The Morgan fingerprint density at radius 2 is 2.22 bits per heavy atom. The molecule has 98 valence electrons. The number of carbonyl (C=O) groups is 1. The molecule has 0 fully saturated rings. The summed E-state index contributed by atoms with van der Waals surface area (Å²) < 4.78 is 0. The number of amides is 1. The van der Waals surface area contributed by atoms with E-state index in [1.807, 2.05) is 30.9 Å². The number of nitrogens with zero attached hydrogens (tertiary/aromatic N) is 1. The number of benzene rings is 1. The lowest BCUT2D eigenvalue weighted by atomic mass is 10.1. The van der Waals surface area contributed by atoms with Crippen LogP contribution in [0.4, 0.5) is 17.1 Å². The van der Waals surface area contributed by atoms with Crippen molar-refractivity contribution < 1.29 is 9.90 Å². The molecule has 18 heavy (non-hydrogen) atoms. The second-order valence-corrected chi connectivity index (χ2v) is 4.80. The molecule has 1 aromatic carbocycles. The Hall–Kier alpha value is -1.75. The van der Waals surface area contributed by atoms with E-state index in [1.165, 1.54) is 0 Å². The van der Waals surface area contributed by atoms with Crippen molar-refractivity contribution in [3.8, 4) is 0 Å².